The van der Waals surface area contributed by atoms with Crippen LogP contribution in [-0.2, 0) is 21.9 Å². The number of phenolic OH excluding ortho intramolecular Hbond substituents is 1. The molecule has 0 saturated heterocycles. The van der Waals surface area contributed by atoms with Crippen LogP contribution in [0.3, 0.4) is 0 Å². The van der Waals surface area contributed by atoms with E-state index in [2.05, 4.69) is 6.92 Å². The number of rotatable bonds is 10. The van der Waals surface area contributed by atoms with Crippen molar-refractivity contribution in [3.63, 3.8) is 0 Å². The number of phenols is 1. The minimum atomic E-state index is -0.570. The van der Waals surface area contributed by atoms with Crippen molar-refractivity contribution in [2.24, 2.45) is 5.73 Å². The second-order valence-corrected chi connectivity index (χ2v) is 8.84. The first-order valence-electron chi connectivity index (χ1n) is 8.86. The fraction of sp³-hybridized carbons (Fsp3) is 0.400. The van der Waals surface area contributed by atoms with Gasteiger partial charge in [0.15, 0.2) is 0 Å². The Morgan fingerprint density at radius 2 is 2.04 bits per heavy atom. The number of hydrogen-bond acceptors (Lipinski definition) is 5. The monoisotopic (exact) mass is 425 g/mol. The Morgan fingerprint density at radius 1 is 1.26 bits per heavy atom. The van der Waals surface area contributed by atoms with Gasteiger partial charge in [0.1, 0.15) is 5.75 Å². The Hall–Kier alpha value is -1.10. The van der Waals surface area contributed by atoms with E-state index in [0.717, 1.165) is 28.2 Å². The fourth-order valence-electron chi connectivity index (χ4n) is 2.67. The van der Waals surface area contributed by atoms with E-state index < -0.39 is 5.54 Å². The summed E-state index contributed by atoms with van der Waals surface area (Å²) in [6.07, 6.45) is 3.41. The fourth-order valence-corrected chi connectivity index (χ4v) is 4.31. The largest absolute Gasteiger partial charge is 0.507 e. The molecule has 4 nitrogen and oxygen atoms in total. The molecule has 0 radical (unpaired) electrons. The van der Waals surface area contributed by atoms with Crippen molar-refractivity contribution in [3.05, 3.63) is 52.5 Å². The predicted molar refractivity (Wildman–Crippen MR) is 112 cm³/mol. The normalized spacial score (nSPS) is 13.6. The van der Waals surface area contributed by atoms with Crippen LogP contribution in [-0.4, -0.2) is 17.3 Å². The van der Waals surface area contributed by atoms with Gasteiger partial charge in [-0.15, -0.1) is 0 Å². The van der Waals surface area contributed by atoms with Crippen LogP contribution in [0, 0.1) is 0 Å². The van der Waals surface area contributed by atoms with Gasteiger partial charge in [-0.25, -0.2) is 4.57 Å². The quantitative estimate of drug-likeness (QED) is 0.455. The van der Waals surface area contributed by atoms with Crippen molar-refractivity contribution in [2.45, 2.75) is 54.9 Å². The van der Waals surface area contributed by atoms with Crippen LogP contribution in [0.15, 0.2) is 46.2 Å². The molecule has 0 spiro atoms. The van der Waals surface area contributed by atoms with Crippen molar-refractivity contribution in [1.82, 2.24) is 0 Å². The molecule has 0 aliphatic rings. The summed E-state index contributed by atoms with van der Waals surface area (Å²) in [5.41, 5.74) is 7.79. The highest BCUT2D eigenvalue weighted by atomic mass is 35.5. The van der Waals surface area contributed by atoms with Crippen LogP contribution < -0.4 is 5.73 Å². The van der Waals surface area contributed by atoms with Crippen LogP contribution in [0.4, 0.5) is 0 Å². The first-order chi connectivity index (χ1) is 12.8. The van der Waals surface area contributed by atoms with E-state index in [0.29, 0.717) is 17.9 Å². The summed E-state index contributed by atoms with van der Waals surface area (Å²) in [5.74, 6) is 0.275. The van der Waals surface area contributed by atoms with Crippen LogP contribution in [0.1, 0.15) is 37.8 Å². The van der Waals surface area contributed by atoms with Crippen molar-refractivity contribution in [1.29, 1.82) is 0 Å². The Kier molecular flexibility index (Phi) is 8.59. The first-order valence-corrected chi connectivity index (χ1v) is 10.8. The average molecular weight is 426 g/mol. The van der Waals surface area contributed by atoms with Gasteiger partial charge in [-0.2, -0.15) is 0 Å². The number of aromatic hydroxyl groups is 1. The topological polar surface area (TPSA) is 72.6 Å². The van der Waals surface area contributed by atoms with Crippen molar-refractivity contribution in [2.75, 3.05) is 6.61 Å². The van der Waals surface area contributed by atoms with E-state index in [4.69, 9.17) is 21.9 Å². The first kappa shape index (κ1) is 22.2. The molecular formula is C20H25ClNO3PS. The molecular weight excluding hydrogens is 401 g/mol. The highest BCUT2D eigenvalue weighted by Crippen LogP contribution is 2.37. The third-order valence-electron chi connectivity index (χ3n) is 4.23. The molecule has 0 amide bonds. The molecule has 27 heavy (non-hydrogen) atoms. The summed E-state index contributed by atoms with van der Waals surface area (Å²) in [6.45, 7) is 4.22. The summed E-state index contributed by atoms with van der Waals surface area (Å²) in [6, 6.07) is 11.6. The number of nitrogens with two attached hydrogens (primary N) is 1. The SMILES string of the molecule is CCCc1ccc(O)c(Sc2ccc(CC[C@](C)(N)COP=O)c(Cl)c2)c1. The number of hydrogen-bond donors (Lipinski definition) is 2. The van der Waals surface area contributed by atoms with Gasteiger partial charge >= 0.3 is 8.69 Å². The minimum absolute atomic E-state index is 0.219. The smallest absolute Gasteiger partial charge is 0.327 e. The molecule has 0 fully saturated rings. The highest BCUT2D eigenvalue weighted by Gasteiger charge is 2.19. The molecule has 0 bridgehead atoms. The minimum Gasteiger partial charge on any atom is -0.507 e. The van der Waals surface area contributed by atoms with Crippen molar-refractivity contribution in [3.8, 4) is 5.75 Å². The molecule has 0 aliphatic carbocycles. The molecule has 2 aromatic rings. The van der Waals surface area contributed by atoms with E-state index in [1.54, 1.807) is 6.07 Å². The van der Waals surface area contributed by atoms with Crippen LogP contribution in [0.2, 0.25) is 5.02 Å². The third-order valence-corrected chi connectivity index (χ3v) is 5.85. The van der Waals surface area contributed by atoms with E-state index in [1.807, 2.05) is 37.3 Å². The lowest BCUT2D eigenvalue weighted by Gasteiger charge is -2.22. The molecule has 1 atom stereocenters. The average Bonchev–Trinajstić information content (AvgIpc) is 2.62. The van der Waals surface area contributed by atoms with Crippen LogP contribution >= 0.6 is 32.0 Å². The third kappa shape index (κ3) is 7.10. The molecule has 0 aromatic heterocycles. The second-order valence-electron chi connectivity index (χ2n) is 6.91. The standard InChI is InChI=1S/C20H25ClNO3PS/c1-3-4-14-5-8-18(23)19(11-14)27-16-7-6-15(17(21)12-16)9-10-20(2,22)13-25-26-24/h5-8,11-12,23H,3-4,9-10,13,22H2,1-2H3/t20-/m0/s1. The maximum absolute atomic E-state index is 10.4. The number of benzene rings is 2. The molecule has 146 valence electrons. The molecule has 2 aromatic carbocycles. The van der Waals surface area contributed by atoms with Gasteiger partial charge in [0.25, 0.3) is 0 Å². The number of aryl methyl sites for hydroxylation is 2. The summed E-state index contributed by atoms with van der Waals surface area (Å²) in [4.78, 5) is 1.80. The van der Waals surface area contributed by atoms with E-state index in [-0.39, 0.29) is 21.0 Å². The van der Waals surface area contributed by atoms with Gasteiger partial charge in [-0.3, -0.25) is 4.52 Å². The van der Waals surface area contributed by atoms with Crippen molar-refractivity contribution < 1.29 is 14.2 Å². The highest BCUT2D eigenvalue weighted by molar-refractivity contribution is 7.99. The Labute approximate surface area is 171 Å². The Morgan fingerprint density at radius 3 is 2.70 bits per heavy atom. The maximum Gasteiger partial charge on any atom is 0.327 e. The zero-order valence-electron chi connectivity index (χ0n) is 15.6. The molecule has 0 aliphatic heterocycles. The van der Waals surface area contributed by atoms with Gasteiger partial charge in [0.2, 0.25) is 0 Å². The summed E-state index contributed by atoms with van der Waals surface area (Å²) in [5, 5.41) is 10.8. The van der Waals surface area contributed by atoms with Gasteiger partial charge in [-0.05, 0) is 61.6 Å². The van der Waals surface area contributed by atoms with Gasteiger partial charge in [-0.1, -0.05) is 48.8 Å². The van der Waals surface area contributed by atoms with Gasteiger partial charge in [0, 0.05) is 15.5 Å². The molecule has 7 heteroatoms. The summed E-state index contributed by atoms with van der Waals surface area (Å²) in [7, 11) is -0.358. The molecule has 0 unspecified atom stereocenters. The van der Waals surface area contributed by atoms with Crippen molar-refractivity contribution >= 4 is 32.0 Å². The van der Waals surface area contributed by atoms with E-state index >= 15 is 0 Å². The lowest BCUT2D eigenvalue weighted by atomic mass is 9.95. The number of halogens is 1. The van der Waals surface area contributed by atoms with Gasteiger partial charge in [0.05, 0.1) is 11.5 Å². The van der Waals surface area contributed by atoms with Crippen LogP contribution in [0.5, 0.6) is 5.75 Å². The lowest BCUT2D eigenvalue weighted by Crippen LogP contribution is -2.40. The molecule has 0 saturated carbocycles. The molecule has 3 N–H and O–H groups in total. The summed E-state index contributed by atoms with van der Waals surface area (Å²) < 4.78 is 15.3. The zero-order valence-corrected chi connectivity index (χ0v) is 18.0. The summed E-state index contributed by atoms with van der Waals surface area (Å²) >= 11 is 7.95. The second kappa shape index (κ2) is 10.4. The van der Waals surface area contributed by atoms with Gasteiger partial charge < -0.3 is 10.8 Å². The maximum atomic E-state index is 10.4. The van der Waals surface area contributed by atoms with E-state index in [1.165, 1.54) is 17.3 Å². The van der Waals surface area contributed by atoms with E-state index in [9.17, 15) is 9.67 Å². The Bertz CT molecular complexity index is 786. The molecule has 0 heterocycles. The zero-order chi connectivity index (χ0) is 19.9. The predicted octanol–water partition coefficient (Wildman–Crippen LogP) is 6.02. The lowest BCUT2D eigenvalue weighted by molar-refractivity contribution is 0.238. The van der Waals surface area contributed by atoms with Crippen LogP contribution in [0.25, 0.3) is 0 Å². The molecule has 2 rings (SSSR count). The Balaban J connectivity index is 2.06.